The second-order valence-corrected chi connectivity index (χ2v) is 9.91. The van der Waals surface area contributed by atoms with Crippen LogP contribution in [0.5, 0.6) is 0 Å². The van der Waals surface area contributed by atoms with Crippen LogP contribution in [0.2, 0.25) is 0 Å². The van der Waals surface area contributed by atoms with Crippen LogP contribution in [0.4, 0.5) is 10.5 Å². The lowest BCUT2D eigenvalue weighted by atomic mass is 9.91. The van der Waals surface area contributed by atoms with Gasteiger partial charge in [0.1, 0.15) is 5.84 Å². The van der Waals surface area contributed by atoms with Crippen molar-refractivity contribution in [1.29, 1.82) is 0 Å². The molecule has 0 bridgehead atoms. The summed E-state index contributed by atoms with van der Waals surface area (Å²) < 4.78 is 0. The standard InChI is InChI=1S/C28H37N7O5/c1-4-15-32-26(37)25-28(5-2,33(27(32)38)16-13-21-9-11-23(12-10-21)35(39)40)30-24(19-22-8-7-14-29-20-22)34(25)31(6-3)17-18-36/h7-12,14,20,25,36H,4-6,13,15-19H2,1-3H3. The number of hydrazine groups is 1. The van der Waals surface area contributed by atoms with E-state index >= 15 is 0 Å². The number of amides is 3. The summed E-state index contributed by atoms with van der Waals surface area (Å²) in [6.45, 7) is 7.09. The normalized spacial score (nSPS) is 20.8. The zero-order chi connectivity index (χ0) is 28.9. The third kappa shape index (κ3) is 5.41. The number of pyridine rings is 1. The lowest BCUT2D eigenvalue weighted by Crippen LogP contribution is -2.74. The minimum Gasteiger partial charge on any atom is -0.395 e. The molecule has 1 aromatic heterocycles. The van der Waals surface area contributed by atoms with Crippen LogP contribution < -0.4 is 0 Å². The molecule has 3 heterocycles. The summed E-state index contributed by atoms with van der Waals surface area (Å²) in [6.07, 6.45) is 5.30. The van der Waals surface area contributed by atoms with Crippen molar-refractivity contribution in [3.8, 4) is 0 Å². The number of fused-ring (bicyclic) bond motifs is 1. The quantitative estimate of drug-likeness (QED) is 0.297. The number of amidine groups is 1. The smallest absolute Gasteiger partial charge is 0.328 e. The Balaban J connectivity index is 1.78. The second kappa shape index (κ2) is 12.5. The van der Waals surface area contributed by atoms with Crippen molar-refractivity contribution in [3.05, 3.63) is 70.0 Å². The zero-order valence-corrected chi connectivity index (χ0v) is 23.3. The number of aliphatic imine (C=N–C) groups is 1. The number of imide groups is 1. The van der Waals surface area contributed by atoms with E-state index in [0.717, 1.165) is 11.1 Å². The Morgan fingerprint density at radius 1 is 1.10 bits per heavy atom. The Bertz CT molecular complexity index is 1240. The van der Waals surface area contributed by atoms with Gasteiger partial charge < -0.3 is 5.11 Å². The van der Waals surface area contributed by atoms with Crippen LogP contribution in [0.15, 0.2) is 53.8 Å². The van der Waals surface area contributed by atoms with Crippen LogP contribution in [0, 0.1) is 10.1 Å². The SMILES string of the molecule is CCCN1C(=O)C2N(N(CC)CCO)C(Cc3cccnc3)=NC2(CC)N(CCc2ccc([N+](=O)[O-])cc2)C1=O. The largest absolute Gasteiger partial charge is 0.395 e. The number of benzene rings is 1. The van der Waals surface area contributed by atoms with Gasteiger partial charge in [-0.1, -0.05) is 39.0 Å². The summed E-state index contributed by atoms with van der Waals surface area (Å²) in [5.74, 6) is 0.330. The first-order valence-electron chi connectivity index (χ1n) is 13.8. The highest BCUT2D eigenvalue weighted by Gasteiger charge is 2.62. The number of nitro groups is 1. The van der Waals surface area contributed by atoms with E-state index in [-0.39, 0.29) is 37.3 Å². The molecule has 2 aliphatic rings. The summed E-state index contributed by atoms with van der Waals surface area (Å²) in [7, 11) is 0. The van der Waals surface area contributed by atoms with E-state index in [1.807, 2.05) is 42.9 Å². The molecule has 2 aromatic rings. The van der Waals surface area contributed by atoms with Crippen molar-refractivity contribution in [1.82, 2.24) is 24.8 Å². The van der Waals surface area contributed by atoms with Gasteiger partial charge in [0, 0.05) is 57.1 Å². The lowest BCUT2D eigenvalue weighted by Gasteiger charge is -2.51. The summed E-state index contributed by atoms with van der Waals surface area (Å²) in [6, 6.07) is 8.89. The Hall–Kier alpha value is -3.90. The van der Waals surface area contributed by atoms with Gasteiger partial charge in [0.15, 0.2) is 11.7 Å². The monoisotopic (exact) mass is 551 g/mol. The number of nitro benzene ring substituents is 1. The predicted octanol–water partition coefficient (Wildman–Crippen LogP) is 2.87. The number of hydrogen-bond acceptors (Lipinski definition) is 9. The number of carbonyl (C=O) groups excluding carboxylic acids is 2. The average Bonchev–Trinajstić information content (AvgIpc) is 3.29. The minimum absolute atomic E-state index is 0.00206. The van der Waals surface area contributed by atoms with Crippen LogP contribution >= 0.6 is 0 Å². The fourth-order valence-corrected chi connectivity index (χ4v) is 5.62. The second-order valence-electron chi connectivity index (χ2n) is 9.91. The fraction of sp³-hybridized carbons (Fsp3) is 0.500. The van der Waals surface area contributed by atoms with E-state index in [1.54, 1.807) is 29.4 Å². The molecule has 3 amide bonds. The number of non-ortho nitro benzene ring substituents is 1. The Kier molecular flexibility index (Phi) is 9.10. The fourth-order valence-electron chi connectivity index (χ4n) is 5.62. The van der Waals surface area contributed by atoms with Gasteiger partial charge in [-0.05, 0) is 36.5 Å². The molecule has 1 saturated heterocycles. The molecule has 40 heavy (non-hydrogen) atoms. The van der Waals surface area contributed by atoms with Gasteiger partial charge in [-0.3, -0.25) is 34.7 Å². The van der Waals surface area contributed by atoms with Gasteiger partial charge in [0.05, 0.1) is 11.5 Å². The number of rotatable bonds is 13. The average molecular weight is 552 g/mol. The minimum atomic E-state index is -1.15. The topological polar surface area (TPSA) is 136 Å². The number of urea groups is 1. The zero-order valence-electron chi connectivity index (χ0n) is 23.3. The van der Waals surface area contributed by atoms with Crippen LogP contribution in [0.25, 0.3) is 0 Å². The van der Waals surface area contributed by atoms with Crippen molar-refractivity contribution < 1.29 is 19.6 Å². The van der Waals surface area contributed by atoms with Gasteiger partial charge in [-0.2, -0.15) is 0 Å². The number of nitrogens with zero attached hydrogens (tertiary/aromatic N) is 7. The van der Waals surface area contributed by atoms with Crippen molar-refractivity contribution in [2.45, 2.75) is 58.2 Å². The molecule has 0 radical (unpaired) electrons. The van der Waals surface area contributed by atoms with E-state index in [9.17, 15) is 24.8 Å². The van der Waals surface area contributed by atoms with Crippen molar-refractivity contribution in [2.75, 3.05) is 32.8 Å². The summed E-state index contributed by atoms with van der Waals surface area (Å²) >= 11 is 0. The maximum absolute atomic E-state index is 14.1. The summed E-state index contributed by atoms with van der Waals surface area (Å²) in [4.78, 5) is 51.1. The van der Waals surface area contributed by atoms with Gasteiger partial charge in [-0.25, -0.2) is 14.8 Å². The summed E-state index contributed by atoms with van der Waals surface area (Å²) in [5, 5.41) is 24.8. The maximum atomic E-state index is 14.1. The maximum Gasteiger partial charge on any atom is 0.328 e. The molecule has 0 saturated carbocycles. The summed E-state index contributed by atoms with van der Waals surface area (Å²) in [5.41, 5.74) is 0.602. The highest BCUT2D eigenvalue weighted by molar-refractivity contribution is 6.05. The van der Waals surface area contributed by atoms with Gasteiger partial charge in [0.25, 0.3) is 11.6 Å². The number of hydrogen-bond donors (Lipinski definition) is 1. The van der Waals surface area contributed by atoms with Crippen molar-refractivity contribution in [2.24, 2.45) is 4.99 Å². The van der Waals surface area contributed by atoms with Crippen molar-refractivity contribution in [3.63, 3.8) is 0 Å². The molecule has 1 N–H and O–H groups in total. The molecule has 4 rings (SSSR count). The third-order valence-corrected chi connectivity index (χ3v) is 7.55. The lowest BCUT2D eigenvalue weighted by molar-refractivity contribution is -0.384. The Morgan fingerprint density at radius 2 is 1.85 bits per heavy atom. The van der Waals surface area contributed by atoms with E-state index in [1.165, 1.54) is 17.0 Å². The van der Waals surface area contributed by atoms with E-state index in [4.69, 9.17) is 4.99 Å². The van der Waals surface area contributed by atoms with Crippen LogP contribution in [0.3, 0.4) is 0 Å². The molecular formula is C28H37N7O5. The highest BCUT2D eigenvalue weighted by Crippen LogP contribution is 2.42. The van der Waals surface area contributed by atoms with E-state index in [0.29, 0.717) is 44.6 Å². The first kappa shape index (κ1) is 29.1. The molecule has 0 aliphatic carbocycles. The van der Waals surface area contributed by atoms with Crippen LogP contribution in [-0.2, 0) is 17.6 Å². The molecule has 12 nitrogen and oxygen atoms in total. The van der Waals surface area contributed by atoms with Gasteiger partial charge in [0.2, 0.25) is 0 Å². The van der Waals surface area contributed by atoms with E-state index < -0.39 is 16.6 Å². The van der Waals surface area contributed by atoms with E-state index in [2.05, 4.69) is 4.98 Å². The number of aliphatic hydroxyl groups is 1. The molecule has 12 heteroatoms. The Labute approximate surface area is 234 Å². The number of likely N-dealkylation sites (N-methyl/N-ethyl adjacent to an activating group) is 1. The van der Waals surface area contributed by atoms with Crippen LogP contribution in [-0.4, -0.2) is 97.1 Å². The molecule has 1 fully saturated rings. The molecule has 1 aromatic carbocycles. The predicted molar refractivity (Wildman–Crippen MR) is 149 cm³/mol. The molecular weight excluding hydrogens is 514 g/mol. The Morgan fingerprint density at radius 3 is 2.42 bits per heavy atom. The molecule has 2 unspecified atom stereocenters. The third-order valence-electron chi connectivity index (χ3n) is 7.55. The number of carbonyl (C=O) groups is 2. The first-order chi connectivity index (χ1) is 19.3. The molecule has 0 spiro atoms. The molecule has 214 valence electrons. The highest BCUT2D eigenvalue weighted by atomic mass is 16.6. The molecule has 2 aliphatic heterocycles. The number of aliphatic hydroxyl groups excluding tert-OH is 1. The number of aromatic nitrogens is 1. The van der Waals surface area contributed by atoms with Gasteiger partial charge in [-0.15, -0.1) is 0 Å². The molecule has 2 atom stereocenters. The van der Waals surface area contributed by atoms with Crippen LogP contribution in [0.1, 0.15) is 44.7 Å². The first-order valence-corrected chi connectivity index (χ1v) is 13.8. The van der Waals surface area contributed by atoms with Crippen molar-refractivity contribution >= 4 is 23.5 Å². The van der Waals surface area contributed by atoms with Gasteiger partial charge >= 0.3 is 6.03 Å².